The first-order valence-corrected chi connectivity index (χ1v) is 4.56. The number of carboxylic acids is 1. The summed E-state index contributed by atoms with van der Waals surface area (Å²) >= 11 is 0. The van der Waals surface area contributed by atoms with Crippen LogP contribution in [0.3, 0.4) is 0 Å². The molecule has 0 amide bonds. The van der Waals surface area contributed by atoms with E-state index in [-0.39, 0.29) is 6.42 Å². The van der Waals surface area contributed by atoms with Crippen LogP contribution >= 0.6 is 0 Å². The highest BCUT2D eigenvalue weighted by molar-refractivity contribution is 5.70. The van der Waals surface area contributed by atoms with Crippen LogP contribution in [0.2, 0.25) is 0 Å². The van der Waals surface area contributed by atoms with Crippen molar-refractivity contribution in [2.75, 3.05) is 0 Å². The number of allylic oxidation sites excluding steroid dienone is 1. The standard InChI is InChI=1S/C12H11NO2/c13-8-2-1-3-10-4-6-11(7-5-10)9-12(14)15/h1,3-7H,2,9H2,(H,14,15). The molecule has 1 aromatic rings. The number of benzene rings is 1. The van der Waals surface area contributed by atoms with E-state index in [4.69, 9.17) is 10.4 Å². The zero-order chi connectivity index (χ0) is 11.1. The highest BCUT2D eigenvalue weighted by Gasteiger charge is 1.98. The van der Waals surface area contributed by atoms with Crippen LogP contribution in [-0.2, 0) is 11.2 Å². The van der Waals surface area contributed by atoms with E-state index >= 15 is 0 Å². The van der Waals surface area contributed by atoms with Crippen LogP contribution in [0.4, 0.5) is 0 Å². The molecule has 0 spiro atoms. The number of nitriles is 1. The van der Waals surface area contributed by atoms with Gasteiger partial charge in [0.1, 0.15) is 0 Å². The summed E-state index contributed by atoms with van der Waals surface area (Å²) in [6.07, 6.45) is 4.04. The molecule has 0 saturated heterocycles. The summed E-state index contributed by atoms with van der Waals surface area (Å²) in [7, 11) is 0. The van der Waals surface area contributed by atoms with E-state index in [1.807, 2.05) is 24.3 Å². The van der Waals surface area contributed by atoms with Crippen molar-refractivity contribution in [3.63, 3.8) is 0 Å². The van der Waals surface area contributed by atoms with E-state index in [1.165, 1.54) is 0 Å². The Kier molecular flexibility index (Phi) is 4.11. The van der Waals surface area contributed by atoms with E-state index in [1.54, 1.807) is 18.2 Å². The second kappa shape index (κ2) is 5.61. The van der Waals surface area contributed by atoms with Crippen molar-refractivity contribution in [1.82, 2.24) is 0 Å². The third-order valence-corrected chi connectivity index (χ3v) is 1.85. The van der Waals surface area contributed by atoms with E-state index < -0.39 is 5.97 Å². The molecule has 0 aliphatic rings. The van der Waals surface area contributed by atoms with Crippen molar-refractivity contribution >= 4 is 12.0 Å². The molecule has 1 N–H and O–H groups in total. The Morgan fingerprint density at radius 1 is 1.40 bits per heavy atom. The monoisotopic (exact) mass is 201 g/mol. The molecule has 0 saturated carbocycles. The number of carboxylic acid groups (broad SMARTS) is 1. The van der Waals surface area contributed by atoms with Crippen LogP contribution in [0.5, 0.6) is 0 Å². The predicted octanol–water partition coefficient (Wildman–Crippen LogP) is 2.24. The van der Waals surface area contributed by atoms with Crippen LogP contribution in [0, 0.1) is 11.3 Å². The first-order chi connectivity index (χ1) is 7.22. The predicted molar refractivity (Wildman–Crippen MR) is 57.0 cm³/mol. The molecule has 3 heteroatoms. The Labute approximate surface area is 88.3 Å². The first-order valence-electron chi connectivity index (χ1n) is 4.56. The van der Waals surface area contributed by atoms with E-state index in [2.05, 4.69) is 0 Å². The SMILES string of the molecule is N#CCC=Cc1ccc(CC(=O)O)cc1. The van der Waals surface area contributed by atoms with Gasteiger partial charge in [-0.3, -0.25) is 4.79 Å². The number of nitrogens with zero attached hydrogens (tertiary/aromatic N) is 1. The van der Waals surface area contributed by atoms with Crippen LogP contribution < -0.4 is 0 Å². The molecule has 3 nitrogen and oxygen atoms in total. The van der Waals surface area contributed by atoms with Gasteiger partial charge in [0.15, 0.2) is 0 Å². The zero-order valence-corrected chi connectivity index (χ0v) is 8.18. The van der Waals surface area contributed by atoms with Crippen molar-refractivity contribution in [3.05, 3.63) is 41.5 Å². The Morgan fingerprint density at radius 3 is 2.60 bits per heavy atom. The summed E-state index contributed by atoms with van der Waals surface area (Å²) in [5, 5.41) is 16.9. The summed E-state index contributed by atoms with van der Waals surface area (Å²) in [4.78, 5) is 10.4. The minimum absolute atomic E-state index is 0.0438. The van der Waals surface area contributed by atoms with Crippen molar-refractivity contribution < 1.29 is 9.90 Å². The van der Waals surface area contributed by atoms with Gasteiger partial charge in [-0.1, -0.05) is 36.4 Å². The molecular weight excluding hydrogens is 190 g/mol. The van der Waals surface area contributed by atoms with Gasteiger partial charge < -0.3 is 5.11 Å². The molecule has 0 bridgehead atoms. The molecule has 0 aliphatic heterocycles. The maximum Gasteiger partial charge on any atom is 0.307 e. The number of carbonyl (C=O) groups is 1. The second-order valence-electron chi connectivity index (χ2n) is 3.08. The lowest BCUT2D eigenvalue weighted by Gasteiger charge is -1.97. The minimum atomic E-state index is -0.831. The van der Waals surface area contributed by atoms with Crippen molar-refractivity contribution in [2.24, 2.45) is 0 Å². The zero-order valence-electron chi connectivity index (χ0n) is 8.18. The third kappa shape index (κ3) is 4.10. The molecule has 0 heterocycles. The molecule has 1 aromatic carbocycles. The molecule has 0 atom stereocenters. The Bertz CT molecular complexity index is 399. The van der Waals surface area contributed by atoms with Gasteiger partial charge in [0.25, 0.3) is 0 Å². The largest absolute Gasteiger partial charge is 0.481 e. The summed E-state index contributed by atoms with van der Waals surface area (Å²) in [6.45, 7) is 0. The molecular formula is C12H11NO2. The van der Waals surface area contributed by atoms with Gasteiger partial charge in [-0.25, -0.2) is 0 Å². The second-order valence-corrected chi connectivity index (χ2v) is 3.08. The average Bonchev–Trinajstić information content (AvgIpc) is 2.20. The lowest BCUT2D eigenvalue weighted by molar-refractivity contribution is -0.136. The molecule has 0 unspecified atom stereocenters. The lowest BCUT2D eigenvalue weighted by Crippen LogP contribution is -1.99. The fourth-order valence-electron chi connectivity index (χ4n) is 1.17. The Balaban J connectivity index is 2.64. The quantitative estimate of drug-likeness (QED) is 0.812. The minimum Gasteiger partial charge on any atom is -0.481 e. The number of hydrogen-bond donors (Lipinski definition) is 1. The van der Waals surface area contributed by atoms with Gasteiger partial charge in [0.05, 0.1) is 18.9 Å². The molecule has 0 aliphatic carbocycles. The fourth-order valence-corrected chi connectivity index (χ4v) is 1.17. The van der Waals surface area contributed by atoms with Gasteiger partial charge in [0, 0.05) is 0 Å². The Morgan fingerprint density at radius 2 is 2.07 bits per heavy atom. The van der Waals surface area contributed by atoms with E-state index in [0.717, 1.165) is 11.1 Å². The summed E-state index contributed by atoms with van der Waals surface area (Å²) in [6, 6.07) is 9.25. The number of aliphatic carboxylic acids is 1. The highest BCUT2D eigenvalue weighted by atomic mass is 16.4. The van der Waals surface area contributed by atoms with Crippen molar-refractivity contribution in [3.8, 4) is 6.07 Å². The number of rotatable bonds is 4. The van der Waals surface area contributed by atoms with Crippen LogP contribution in [0.15, 0.2) is 30.3 Å². The van der Waals surface area contributed by atoms with Crippen molar-refractivity contribution in [1.29, 1.82) is 5.26 Å². The molecule has 15 heavy (non-hydrogen) atoms. The topological polar surface area (TPSA) is 61.1 Å². The number of hydrogen-bond acceptors (Lipinski definition) is 2. The Hall–Kier alpha value is -2.08. The van der Waals surface area contributed by atoms with E-state index in [0.29, 0.717) is 6.42 Å². The summed E-state index contributed by atoms with van der Waals surface area (Å²) in [5.41, 5.74) is 1.75. The van der Waals surface area contributed by atoms with Crippen LogP contribution in [0.25, 0.3) is 6.08 Å². The fraction of sp³-hybridized carbons (Fsp3) is 0.167. The van der Waals surface area contributed by atoms with Gasteiger partial charge >= 0.3 is 5.97 Å². The first kappa shape index (κ1) is 11.0. The smallest absolute Gasteiger partial charge is 0.307 e. The average molecular weight is 201 g/mol. The highest BCUT2D eigenvalue weighted by Crippen LogP contribution is 2.07. The van der Waals surface area contributed by atoms with Gasteiger partial charge in [-0.05, 0) is 11.1 Å². The summed E-state index contributed by atoms with van der Waals surface area (Å²) < 4.78 is 0. The van der Waals surface area contributed by atoms with Crippen LogP contribution in [0.1, 0.15) is 17.5 Å². The molecule has 0 aromatic heterocycles. The molecule has 0 radical (unpaired) electrons. The van der Waals surface area contributed by atoms with Gasteiger partial charge in [-0.2, -0.15) is 5.26 Å². The molecule has 1 rings (SSSR count). The van der Waals surface area contributed by atoms with Crippen LogP contribution in [-0.4, -0.2) is 11.1 Å². The molecule has 76 valence electrons. The normalized spacial score (nSPS) is 10.1. The maximum absolute atomic E-state index is 10.4. The van der Waals surface area contributed by atoms with Gasteiger partial charge in [-0.15, -0.1) is 0 Å². The third-order valence-electron chi connectivity index (χ3n) is 1.85. The van der Waals surface area contributed by atoms with Crippen molar-refractivity contribution in [2.45, 2.75) is 12.8 Å². The maximum atomic E-state index is 10.4. The van der Waals surface area contributed by atoms with Gasteiger partial charge in [0.2, 0.25) is 0 Å². The lowest BCUT2D eigenvalue weighted by atomic mass is 10.1. The molecule has 0 fully saturated rings. The van der Waals surface area contributed by atoms with E-state index in [9.17, 15) is 4.79 Å². The summed E-state index contributed by atoms with van der Waals surface area (Å²) in [5.74, 6) is -0.831.